The topological polar surface area (TPSA) is 122 Å². The van der Waals surface area contributed by atoms with Crippen molar-refractivity contribution < 1.29 is 19.5 Å². The maximum absolute atomic E-state index is 11.7. The lowest BCUT2D eigenvalue weighted by Gasteiger charge is -2.18. The summed E-state index contributed by atoms with van der Waals surface area (Å²) in [4.78, 5) is 33.4. The maximum Gasteiger partial charge on any atom is 0.326 e. The number of rotatable bonds is 6. The van der Waals surface area contributed by atoms with Gasteiger partial charge in [-0.2, -0.15) is 0 Å². The van der Waals surface area contributed by atoms with Crippen LogP contribution >= 0.6 is 11.6 Å². The highest BCUT2D eigenvalue weighted by Crippen LogP contribution is 2.17. The Bertz CT molecular complexity index is 550. The van der Waals surface area contributed by atoms with Gasteiger partial charge >= 0.3 is 12.0 Å². The van der Waals surface area contributed by atoms with Crippen LogP contribution in [0.2, 0.25) is 5.02 Å². The normalized spacial score (nSPS) is 13.0. The van der Waals surface area contributed by atoms with Crippen molar-refractivity contribution in [3.63, 3.8) is 0 Å². The van der Waals surface area contributed by atoms with Gasteiger partial charge in [0.1, 0.15) is 6.04 Å². The number of urea groups is 1. The molecule has 0 aliphatic heterocycles. The van der Waals surface area contributed by atoms with Gasteiger partial charge in [-0.25, -0.2) is 9.59 Å². The van der Waals surface area contributed by atoms with Crippen LogP contribution in [0.5, 0.6) is 0 Å². The van der Waals surface area contributed by atoms with E-state index in [1.807, 2.05) is 0 Å². The fourth-order valence-corrected chi connectivity index (χ4v) is 1.86. The van der Waals surface area contributed by atoms with Crippen molar-refractivity contribution in [1.29, 1.82) is 0 Å². The lowest BCUT2D eigenvalue weighted by Crippen LogP contribution is -2.48. The van der Waals surface area contributed by atoms with Crippen LogP contribution < -0.4 is 16.4 Å². The van der Waals surface area contributed by atoms with E-state index in [2.05, 4.69) is 10.6 Å². The van der Waals surface area contributed by atoms with Crippen LogP contribution in [-0.2, 0) is 9.59 Å². The highest BCUT2D eigenvalue weighted by molar-refractivity contribution is 6.30. The van der Waals surface area contributed by atoms with Gasteiger partial charge < -0.3 is 21.5 Å². The number of benzene rings is 1. The summed E-state index contributed by atoms with van der Waals surface area (Å²) in [5.41, 5.74) is 5.69. The zero-order valence-corrected chi connectivity index (χ0v) is 12.1. The Kier molecular flexibility index (Phi) is 5.98. The maximum atomic E-state index is 11.7. The number of carboxylic acids is 1. The molecular weight excluding hydrogens is 298 g/mol. The Hall–Kier alpha value is -2.28. The lowest BCUT2D eigenvalue weighted by molar-refractivity contribution is -0.140. The van der Waals surface area contributed by atoms with Gasteiger partial charge in [-0.3, -0.25) is 4.79 Å². The number of hydrogen-bond donors (Lipinski definition) is 4. The quantitative estimate of drug-likeness (QED) is 0.626. The summed E-state index contributed by atoms with van der Waals surface area (Å²) in [7, 11) is 0. The number of amides is 3. The molecular formula is C13H16ClN3O4. The van der Waals surface area contributed by atoms with Gasteiger partial charge in [-0.15, -0.1) is 0 Å². The molecule has 0 saturated carbocycles. The third-order valence-corrected chi connectivity index (χ3v) is 2.94. The van der Waals surface area contributed by atoms with Gasteiger partial charge in [0.2, 0.25) is 5.91 Å². The molecule has 8 heteroatoms. The van der Waals surface area contributed by atoms with Crippen molar-refractivity contribution in [3.05, 3.63) is 34.9 Å². The number of aliphatic carboxylic acids is 1. The molecule has 114 valence electrons. The molecule has 0 spiro atoms. The molecule has 3 amide bonds. The van der Waals surface area contributed by atoms with Crippen LogP contribution in [0.15, 0.2) is 24.3 Å². The third kappa shape index (κ3) is 5.70. The molecule has 0 fully saturated rings. The van der Waals surface area contributed by atoms with Crippen LogP contribution in [0.3, 0.4) is 0 Å². The summed E-state index contributed by atoms with van der Waals surface area (Å²) in [6.45, 7) is 1.72. The molecule has 0 aliphatic rings. The predicted octanol–water partition coefficient (Wildman–Crippen LogP) is 1.03. The number of nitrogens with one attached hydrogen (secondary N) is 2. The van der Waals surface area contributed by atoms with Gasteiger partial charge in [-0.05, 0) is 24.6 Å². The van der Waals surface area contributed by atoms with E-state index in [0.29, 0.717) is 5.02 Å². The van der Waals surface area contributed by atoms with Crippen molar-refractivity contribution in [2.45, 2.75) is 25.4 Å². The Morgan fingerprint density at radius 1 is 1.33 bits per heavy atom. The highest BCUT2D eigenvalue weighted by Gasteiger charge is 2.22. The number of halogens is 1. The molecule has 1 aromatic carbocycles. The summed E-state index contributed by atoms with van der Waals surface area (Å²) in [6, 6.07) is 4.43. The standard InChI is InChI=1S/C13H16ClN3O4/c1-7(8-3-2-4-9(14)5-8)16-13(21)17-10(12(19)20)6-11(15)18/h2-5,7,10H,6H2,1H3,(H2,15,18)(H,19,20)(H2,16,17,21). The van der Waals surface area contributed by atoms with E-state index in [1.54, 1.807) is 31.2 Å². The largest absolute Gasteiger partial charge is 0.480 e. The number of hydrogen-bond acceptors (Lipinski definition) is 3. The lowest BCUT2D eigenvalue weighted by atomic mass is 10.1. The molecule has 21 heavy (non-hydrogen) atoms. The molecule has 0 saturated heterocycles. The summed E-state index contributed by atoms with van der Waals surface area (Å²) in [5.74, 6) is -2.15. The molecule has 0 aliphatic carbocycles. The highest BCUT2D eigenvalue weighted by atomic mass is 35.5. The van der Waals surface area contributed by atoms with Gasteiger partial charge in [0, 0.05) is 5.02 Å². The minimum atomic E-state index is -1.37. The van der Waals surface area contributed by atoms with Crippen molar-refractivity contribution >= 4 is 29.5 Å². The van der Waals surface area contributed by atoms with E-state index in [0.717, 1.165) is 5.56 Å². The summed E-state index contributed by atoms with van der Waals surface area (Å²) < 4.78 is 0. The van der Waals surface area contributed by atoms with E-state index in [-0.39, 0.29) is 6.04 Å². The minimum Gasteiger partial charge on any atom is -0.480 e. The Balaban J connectivity index is 2.63. The zero-order chi connectivity index (χ0) is 16.0. The van der Waals surface area contributed by atoms with Gasteiger partial charge in [0.05, 0.1) is 12.5 Å². The number of primary amides is 1. The van der Waals surface area contributed by atoms with Gasteiger partial charge in [0.25, 0.3) is 0 Å². The Labute approximate surface area is 126 Å². The molecule has 1 aromatic rings. The van der Waals surface area contributed by atoms with Crippen LogP contribution in [0.25, 0.3) is 0 Å². The fourth-order valence-electron chi connectivity index (χ4n) is 1.66. The smallest absolute Gasteiger partial charge is 0.326 e. The second kappa shape index (κ2) is 7.49. The van der Waals surface area contributed by atoms with E-state index in [4.69, 9.17) is 22.4 Å². The van der Waals surface area contributed by atoms with E-state index in [9.17, 15) is 14.4 Å². The van der Waals surface area contributed by atoms with E-state index < -0.39 is 30.4 Å². The molecule has 7 nitrogen and oxygen atoms in total. The van der Waals surface area contributed by atoms with Crippen LogP contribution in [0.1, 0.15) is 24.9 Å². The second-order valence-corrected chi connectivity index (χ2v) is 4.89. The number of carbonyl (C=O) groups excluding carboxylic acids is 2. The molecule has 1 rings (SSSR count). The fraction of sp³-hybridized carbons (Fsp3) is 0.308. The summed E-state index contributed by atoms with van der Waals surface area (Å²) in [6.07, 6.45) is -0.478. The molecule has 0 bridgehead atoms. The van der Waals surface area contributed by atoms with Crippen LogP contribution in [-0.4, -0.2) is 29.1 Å². The second-order valence-electron chi connectivity index (χ2n) is 4.46. The Morgan fingerprint density at radius 2 is 2.00 bits per heavy atom. The first-order chi connectivity index (χ1) is 9.79. The zero-order valence-electron chi connectivity index (χ0n) is 11.3. The summed E-state index contributed by atoms with van der Waals surface area (Å²) in [5, 5.41) is 14.2. The average Bonchev–Trinajstić information content (AvgIpc) is 2.37. The average molecular weight is 314 g/mol. The van der Waals surface area contributed by atoms with Crippen LogP contribution in [0, 0.1) is 0 Å². The third-order valence-electron chi connectivity index (χ3n) is 2.71. The monoisotopic (exact) mass is 313 g/mol. The first kappa shape index (κ1) is 16.8. The SMILES string of the molecule is CC(NC(=O)NC(CC(N)=O)C(=O)O)c1cccc(Cl)c1. The van der Waals surface area contributed by atoms with Crippen molar-refractivity contribution in [1.82, 2.24) is 10.6 Å². The number of nitrogens with two attached hydrogens (primary N) is 1. The molecule has 0 aromatic heterocycles. The number of carboxylic acid groups (broad SMARTS) is 1. The molecule has 0 radical (unpaired) electrons. The molecule has 5 N–H and O–H groups in total. The van der Waals surface area contributed by atoms with Crippen molar-refractivity contribution in [3.8, 4) is 0 Å². The van der Waals surface area contributed by atoms with Crippen LogP contribution in [0.4, 0.5) is 4.79 Å². The number of carbonyl (C=O) groups is 3. The first-order valence-electron chi connectivity index (χ1n) is 6.13. The predicted molar refractivity (Wildman–Crippen MR) is 76.8 cm³/mol. The van der Waals surface area contributed by atoms with E-state index >= 15 is 0 Å². The van der Waals surface area contributed by atoms with E-state index in [1.165, 1.54) is 0 Å². The van der Waals surface area contributed by atoms with Crippen molar-refractivity contribution in [2.75, 3.05) is 0 Å². The molecule has 2 atom stereocenters. The Morgan fingerprint density at radius 3 is 2.52 bits per heavy atom. The van der Waals surface area contributed by atoms with Gasteiger partial charge in [0.15, 0.2) is 0 Å². The van der Waals surface area contributed by atoms with Gasteiger partial charge in [-0.1, -0.05) is 23.7 Å². The minimum absolute atomic E-state index is 0.383. The van der Waals surface area contributed by atoms with Crippen molar-refractivity contribution in [2.24, 2.45) is 5.73 Å². The first-order valence-corrected chi connectivity index (χ1v) is 6.51. The summed E-state index contributed by atoms with van der Waals surface area (Å²) >= 11 is 5.85. The molecule has 2 unspecified atom stereocenters. The molecule has 0 heterocycles.